The van der Waals surface area contributed by atoms with Crippen molar-refractivity contribution in [3.8, 4) is 11.5 Å². The number of carbonyl (C=O) groups excluding carboxylic acids is 2. The molecular weight excluding hydrogens is 472 g/mol. The van der Waals surface area contributed by atoms with Crippen LogP contribution >= 0.6 is 23.2 Å². The first-order valence-electron chi connectivity index (χ1n) is 9.77. The molecule has 2 aliphatic heterocycles. The molecule has 0 spiro atoms. The fourth-order valence-electron chi connectivity index (χ4n) is 3.92. The van der Waals surface area contributed by atoms with Crippen LogP contribution < -0.4 is 14.4 Å². The number of amides is 1. The number of hydrogen-bond donors (Lipinski definition) is 1. The van der Waals surface area contributed by atoms with Crippen LogP contribution in [0.2, 0.25) is 10.0 Å². The number of fused-ring (bicyclic) bond motifs is 1. The van der Waals surface area contributed by atoms with Gasteiger partial charge in [-0.2, -0.15) is 0 Å². The highest BCUT2D eigenvalue weighted by Gasteiger charge is 2.48. The van der Waals surface area contributed by atoms with Gasteiger partial charge in [0.05, 0.1) is 21.7 Å². The number of ketones is 1. The van der Waals surface area contributed by atoms with Crippen molar-refractivity contribution < 1.29 is 28.6 Å². The van der Waals surface area contributed by atoms with E-state index in [0.717, 1.165) is 4.90 Å². The Balaban J connectivity index is 1.73. The van der Waals surface area contributed by atoms with Gasteiger partial charge in [-0.3, -0.25) is 14.5 Å². The van der Waals surface area contributed by atoms with Gasteiger partial charge in [0.2, 0.25) is 6.79 Å². The fourth-order valence-corrected chi connectivity index (χ4v) is 4.22. The number of ether oxygens (including phenoxy) is 2. The largest absolute Gasteiger partial charge is 0.507 e. The Hall–Kier alpha value is -3.55. The average molecular weight is 486 g/mol. The Labute approximate surface area is 197 Å². The second kappa shape index (κ2) is 8.10. The third-order valence-electron chi connectivity index (χ3n) is 5.47. The van der Waals surface area contributed by atoms with E-state index in [1.165, 1.54) is 48.5 Å². The highest BCUT2D eigenvalue weighted by atomic mass is 35.5. The van der Waals surface area contributed by atoms with E-state index in [1.807, 2.05) is 0 Å². The molecule has 33 heavy (non-hydrogen) atoms. The van der Waals surface area contributed by atoms with E-state index in [-0.39, 0.29) is 39.2 Å². The van der Waals surface area contributed by atoms with Crippen LogP contribution in [0.3, 0.4) is 0 Å². The summed E-state index contributed by atoms with van der Waals surface area (Å²) in [7, 11) is 0. The molecule has 2 aliphatic rings. The summed E-state index contributed by atoms with van der Waals surface area (Å²) < 4.78 is 25.5. The van der Waals surface area contributed by atoms with Gasteiger partial charge in [-0.15, -0.1) is 0 Å². The van der Waals surface area contributed by atoms with Crippen LogP contribution in [0.15, 0.2) is 66.2 Å². The molecule has 0 bridgehead atoms. The maximum absolute atomic E-state index is 14.9. The van der Waals surface area contributed by atoms with Crippen LogP contribution in [0.4, 0.5) is 10.1 Å². The molecule has 3 aromatic rings. The number of carbonyl (C=O) groups is 2. The second-order valence-electron chi connectivity index (χ2n) is 7.36. The summed E-state index contributed by atoms with van der Waals surface area (Å²) in [5.74, 6) is -2.17. The summed E-state index contributed by atoms with van der Waals surface area (Å²) in [6.45, 7) is 0.0243. The average Bonchev–Trinajstić information content (AvgIpc) is 3.38. The summed E-state index contributed by atoms with van der Waals surface area (Å²) in [6.07, 6.45) is 0. The van der Waals surface area contributed by atoms with Crippen molar-refractivity contribution in [2.45, 2.75) is 6.04 Å². The lowest BCUT2D eigenvalue weighted by atomic mass is 9.94. The minimum atomic E-state index is -1.24. The van der Waals surface area contributed by atoms with Gasteiger partial charge in [-0.1, -0.05) is 41.4 Å². The van der Waals surface area contributed by atoms with Gasteiger partial charge in [-0.25, -0.2) is 4.39 Å². The smallest absolute Gasteiger partial charge is 0.300 e. The summed E-state index contributed by atoms with van der Waals surface area (Å²) in [6, 6.07) is 13.4. The number of Topliss-reactive ketones (excluding diaryl/α,β-unsaturated/α-hetero) is 1. The standard InChI is InChI=1S/C24H14Cl2FNO5/c25-15-7-6-13(10-16(15)26)28-21(14-3-1-2-4-17(14)27)20(23(30)24(28)31)22(29)12-5-8-18-19(9-12)33-11-32-18/h1-10,21,29H,11H2/b22-20+. The molecule has 166 valence electrons. The molecular formula is C24H14Cl2FNO5. The van der Waals surface area contributed by atoms with Crippen molar-refractivity contribution in [1.29, 1.82) is 0 Å². The lowest BCUT2D eigenvalue weighted by molar-refractivity contribution is -0.132. The number of aliphatic hydroxyl groups excluding tert-OH is 1. The molecule has 1 unspecified atom stereocenters. The van der Waals surface area contributed by atoms with Crippen LogP contribution in [0.1, 0.15) is 17.2 Å². The quantitative estimate of drug-likeness (QED) is 0.301. The van der Waals surface area contributed by atoms with E-state index >= 15 is 0 Å². The normalized spacial score (nSPS) is 18.8. The monoisotopic (exact) mass is 485 g/mol. The fraction of sp³-hybridized carbons (Fsp3) is 0.0833. The molecule has 1 fully saturated rings. The Kier molecular flexibility index (Phi) is 5.23. The van der Waals surface area contributed by atoms with Gasteiger partial charge in [0.25, 0.3) is 11.7 Å². The first-order valence-corrected chi connectivity index (χ1v) is 10.5. The Morgan fingerprint density at radius 1 is 0.970 bits per heavy atom. The number of hydrogen-bond acceptors (Lipinski definition) is 5. The van der Waals surface area contributed by atoms with Crippen molar-refractivity contribution in [3.05, 3.63) is 93.2 Å². The van der Waals surface area contributed by atoms with Crippen molar-refractivity contribution in [3.63, 3.8) is 0 Å². The van der Waals surface area contributed by atoms with Crippen LogP contribution in [-0.2, 0) is 9.59 Å². The SMILES string of the molecule is O=C1C(=O)N(c2ccc(Cl)c(Cl)c2)C(c2ccccc2F)/C1=C(\O)c1ccc2c(c1)OCO2. The van der Waals surface area contributed by atoms with Crippen LogP contribution in [0.25, 0.3) is 5.76 Å². The number of nitrogens with zero attached hydrogens (tertiary/aromatic N) is 1. The lowest BCUT2D eigenvalue weighted by Crippen LogP contribution is -2.29. The number of rotatable bonds is 3. The van der Waals surface area contributed by atoms with Crippen molar-refractivity contribution in [1.82, 2.24) is 0 Å². The van der Waals surface area contributed by atoms with E-state index in [2.05, 4.69) is 0 Å². The minimum Gasteiger partial charge on any atom is -0.507 e. The third-order valence-corrected chi connectivity index (χ3v) is 6.21. The van der Waals surface area contributed by atoms with E-state index in [1.54, 1.807) is 12.1 Å². The highest BCUT2D eigenvalue weighted by Crippen LogP contribution is 2.44. The van der Waals surface area contributed by atoms with Crippen molar-refractivity contribution >= 4 is 46.3 Å². The first-order chi connectivity index (χ1) is 15.9. The van der Waals surface area contributed by atoms with E-state index in [4.69, 9.17) is 32.7 Å². The third kappa shape index (κ3) is 3.50. The maximum Gasteiger partial charge on any atom is 0.300 e. The maximum atomic E-state index is 14.9. The van der Waals surface area contributed by atoms with Gasteiger partial charge in [0.1, 0.15) is 11.6 Å². The molecule has 5 rings (SSSR count). The molecule has 9 heteroatoms. The summed E-state index contributed by atoms with van der Waals surface area (Å²) in [5, 5.41) is 11.5. The molecule has 0 aliphatic carbocycles. The Morgan fingerprint density at radius 3 is 2.48 bits per heavy atom. The number of benzene rings is 3. The van der Waals surface area contributed by atoms with E-state index < -0.39 is 29.3 Å². The number of anilines is 1. The summed E-state index contributed by atoms with van der Waals surface area (Å²) in [4.78, 5) is 27.4. The molecule has 0 aromatic heterocycles. The number of halogens is 3. The summed E-state index contributed by atoms with van der Waals surface area (Å²) >= 11 is 12.1. The number of aliphatic hydroxyl groups is 1. The molecule has 1 atom stereocenters. The molecule has 0 radical (unpaired) electrons. The lowest BCUT2D eigenvalue weighted by Gasteiger charge is -2.26. The zero-order valence-corrected chi connectivity index (χ0v) is 18.2. The molecule has 1 saturated heterocycles. The minimum absolute atomic E-state index is 0.0243. The van der Waals surface area contributed by atoms with Gasteiger partial charge < -0.3 is 14.6 Å². The zero-order chi connectivity index (χ0) is 23.3. The van der Waals surface area contributed by atoms with Gasteiger partial charge in [-0.05, 0) is 42.5 Å². The zero-order valence-electron chi connectivity index (χ0n) is 16.7. The molecule has 1 N–H and O–H groups in total. The molecule has 6 nitrogen and oxygen atoms in total. The molecule has 2 heterocycles. The van der Waals surface area contributed by atoms with Gasteiger partial charge in [0, 0.05) is 16.8 Å². The van der Waals surface area contributed by atoms with Crippen LogP contribution in [0, 0.1) is 5.82 Å². The molecule has 3 aromatic carbocycles. The topological polar surface area (TPSA) is 76.1 Å². The van der Waals surface area contributed by atoms with Crippen molar-refractivity contribution in [2.75, 3.05) is 11.7 Å². The molecule has 1 amide bonds. The van der Waals surface area contributed by atoms with Gasteiger partial charge >= 0.3 is 0 Å². The predicted octanol–water partition coefficient (Wildman–Crippen LogP) is 5.49. The highest BCUT2D eigenvalue weighted by molar-refractivity contribution is 6.52. The Bertz CT molecular complexity index is 1360. The second-order valence-corrected chi connectivity index (χ2v) is 8.17. The van der Waals surface area contributed by atoms with E-state index in [0.29, 0.717) is 11.5 Å². The van der Waals surface area contributed by atoms with Crippen LogP contribution in [0.5, 0.6) is 11.5 Å². The van der Waals surface area contributed by atoms with Crippen molar-refractivity contribution in [2.24, 2.45) is 0 Å². The predicted molar refractivity (Wildman–Crippen MR) is 120 cm³/mol. The van der Waals surface area contributed by atoms with Gasteiger partial charge in [0.15, 0.2) is 11.5 Å². The Morgan fingerprint density at radius 2 is 1.73 bits per heavy atom. The van der Waals surface area contributed by atoms with E-state index in [9.17, 15) is 19.1 Å². The summed E-state index contributed by atoms with van der Waals surface area (Å²) in [5.41, 5.74) is 0.206. The first kappa shape index (κ1) is 21.3. The molecule has 0 saturated carbocycles. The van der Waals surface area contributed by atoms with Crippen LogP contribution in [-0.4, -0.2) is 23.6 Å².